The van der Waals surface area contributed by atoms with E-state index < -0.39 is 0 Å². The first-order chi connectivity index (χ1) is 16.3. The number of pyridine rings is 1. The molecule has 1 N–H and O–H groups in total. The molecule has 2 atom stereocenters. The van der Waals surface area contributed by atoms with E-state index in [4.69, 9.17) is 9.72 Å². The van der Waals surface area contributed by atoms with E-state index in [0.717, 1.165) is 49.8 Å². The van der Waals surface area contributed by atoms with Crippen molar-refractivity contribution in [3.05, 3.63) is 59.4 Å². The summed E-state index contributed by atoms with van der Waals surface area (Å²) in [4.78, 5) is 13.9. The Balaban J connectivity index is 1.19. The largest absolute Gasteiger partial charge is 0.472 e. The van der Waals surface area contributed by atoms with Gasteiger partial charge in [-0.05, 0) is 67.7 Å². The van der Waals surface area contributed by atoms with Gasteiger partial charge in [-0.15, -0.1) is 0 Å². The molecule has 3 saturated carbocycles. The van der Waals surface area contributed by atoms with Crippen molar-refractivity contribution >= 4 is 10.9 Å². The number of nitrogens with zero attached hydrogens (tertiary/aromatic N) is 3. The van der Waals surface area contributed by atoms with Gasteiger partial charge in [0.2, 0.25) is 5.88 Å². The predicted octanol–water partition coefficient (Wildman–Crippen LogP) is 4.78. The number of benzene rings is 1. The summed E-state index contributed by atoms with van der Waals surface area (Å²) >= 11 is 0. The molecule has 4 fully saturated rings. The minimum absolute atomic E-state index is 0.260. The molecule has 5 nitrogen and oxygen atoms in total. The summed E-state index contributed by atoms with van der Waals surface area (Å²) in [6.45, 7) is 6.59. The fourth-order valence-electron chi connectivity index (χ4n) is 7.10. The van der Waals surface area contributed by atoms with Crippen LogP contribution in [0.2, 0.25) is 0 Å². The van der Waals surface area contributed by atoms with Gasteiger partial charge in [0.15, 0.2) is 0 Å². The Kier molecular flexibility index (Phi) is 4.77. The first-order valence-electron chi connectivity index (χ1n) is 13.0. The number of para-hydroxylation sites is 1. The summed E-state index contributed by atoms with van der Waals surface area (Å²) in [5, 5.41) is 1.39. The second-order valence-electron chi connectivity index (χ2n) is 10.8. The van der Waals surface area contributed by atoms with Crippen LogP contribution in [0.5, 0.6) is 5.88 Å². The van der Waals surface area contributed by atoms with Crippen LogP contribution in [0.1, 0.15) is 55.5 Å². The van der Waals surface area contributed by atoms with Crippen LogP contribution in [0, 0.1) is 11.8 Å². The molecule has 2 aromatic heterocycles. The quantitative estimate of drug-likeness (QED) is 0.597. The molecule has 4 heterocycles. The minimum atomic E-state index is 0.260. The normalized spacial score (nSPS) is 29.6. The molecule has 0 amide bonds. The first-order valence-corrected chi connectivity index (χ1v) is 13.0. The smallest absolute Gasteiger partial charge is 0.213 e. The van der Waals surface area contributed by atoms with E-state index in [9.17, 15) is 0 Å². The second kappa shape index (κ2) is 7.85. The summed E-state index contributed by atoms with van der Waals surface area (Å²) < 4.78 is 6.16. The molecular formula is C28H34N4O. The molecular weight excluding hydrogens is 408 g/mol. The van der Waals surface area contributed by atoms with Gasteiger partial charge in [0.25, 0.3) is 0 Å². The first kappa shape index (κ1) is 20.0. The van der Waals surface area contributed by atoms with Crippen LogP contribution < -0.4 is 4.74 Å². The standard InChI is InChI=1S/C28H34N4O/c1-2-10-31-16-21(17-31)33-26-8-7-19(15-29-26)28-27-23(22-5-3-4-6-24(22)30-27)9-11-32(28)25-14-18-12-20(25)13-18/h3-8,15,18,20-21,25,28,30H,2,9-14,16-17H2,1H3/t18?,20?,25?,28-/m1/s1. The van der Waals surface area contributed by atoms with Crippen molar-refractivity contribution in [3.8, 4) is 5.88 Å². The molecule has 33 heavy (non-hydrogen) atoms. The number of hydrogen-bond donors (Lipinski definition) is 1. The summed E-state index contributed by atoms with van der Waals surface area (Å²) in [7, 11) is 0. The van der Waals surface area contributed by atoms with Gasteiger partial charge in [0.1, 0.15) is 6.10 Å². The third-order valence-electron chi connectivity index (χ3n) is 8.71. The highest BCUT2D eigenvalue weighted by atomic mass is 16.5. The van der Waals surface area contributed by atoms with Crippen molar-refractivity contribution in [1.29, 1.82) is 0 Å². The van der Waals surface area contributed by atoms with Gasteiger partial charge in [-0.1, -0.05) is 31.2 Å². The van der Waals surface area contributed by atoms with Gasteiger partial charge >= 0.3 is 0 Å². The van der Waals surface area contributed by atoms with Crippen molar-refractivity contribution in [2.75, 3.05) is 26.2 Å². The molecule has 2 bridgehead atoms. The Labute approximate surface area is 196 Å². The second-order valence-corrected chi connectivity index (χ2v) is 10.8. The van der Waals surface area contributed by atoms with Gasteiger partial charge < -0.3 is 9.72 Å². The van der Waals surface area contributed by atoms with Crippen LogP contribution in [0.15, 0.2) is 42.6 Å². The van der Waals surface area contributed by atoms with Crippen molar-refractivity contribution < 1.29 is 4.74 Å². The number of H-pyrrole nitrogens is 1. The molecule has 1 saturated heterocycles. The third-order valence-corrected chi connectivity index (χ3v) is 8.71. The maximum absolute atomic E-state index is 6.16. The van der Waals surface area contributed by atoms with Gasteiger partial charge in [0.05, 0.1) is 6.04 Å². The number of rotatable bonds is 6. The lowest BCUT2D eigenvalue weighted by atomic mass is 9.83. The van der Waals surface area contributed by atoms with E-state index in [0.29, 0.717) is 0 Å². The van der Waals surface area contributed by atoms with E-state index in [1.807, 2.05) is 0 Å². The molecule has 3 aliphatic carbocycles. The lowest BCUT2D eigenvalue weighted by Crippen LogP contribution is -2.53. The fourth-order valence-corrected chi connectivity index (χ4v) is 7.10. The minimum Gasteiger partial charge on any atom is -0.472 e. The molecule has 8 rings (SSSR count). The highest BCUT2D eigenvalue weighted by Gasteiger charge is 2.49. The molecule has 3 aromatic rings. The Morgan fingerprint density at radius 1 is 1.09 bits per heavy atom. The average Bonchev–Trinajstić information content (AvgIpc) is 3.50. The third kappa shape index (κ3) is 3.31. The van der Waals surface area contributed by atoms with E-state index in [1.54, 1.807) is 0 Å². The molecule has 1 aromatic carbocycles. The number of hydrogen-bond acceptors (Lipinski definition) is 4. The molecule has 0 radical (unpaired) electrons. The van der Waals surface area contributed by atoms with Gasteiger partial charge in [0, 0.05) is 54.5 Å². The maximum atomic E-state index is 6.16. The van der Waals surface area contributed by atoms with Gasteiger partial charge in [-0.25, -0.2) is 4.98 Å². The fraction of sp³-hybridized carbons (Fsp3) is 0.536. The molecule has 1 unspecified atom stereocenters. The van der Waals surface area contributed by atoms with Crippen LogP contribution >= 0.6 is 0 Å². The average molecular weight is 443 g/mol. The number of likely N-dealkylation sites (tertiary alicyclic amines) is 1. The zero-order valence-corrected chi connectivity index (χ0v) is 19.5. The van der Waals surface area contributed by atoms with Gasteiger partial charge in [-0.3, -0.25) is 9.80 Å². The zero-order chi connectivity index (χ0) is 21.9. The lowest BCUT2D eigenvalue weighted by Gasteiger charge is -2.42. The number of aromatic nitrogens is 2. The molecule has 5 heteroatoms. The summed E-state index contributed by atoms with van der Waals surface area (Å²) in [6, 6.07) is 14.1. The molecule has 2 aliphatic heterocycles. The number of ether oxygens (including phenoxy) is 1. The predicted molar refractivity (Wildman–Crippen MR) is 131 cm³/mol. The van der Waals surface area contributed by atoms with E-state index in [2.05, 4.69) is 64.3 Å². The summed E-state index contributed by atoms with van der Waals surface area (Å²) in [6.07, 6.45) is 8.96. The Bertz CT molecular complexity index is 1140. The van der Waals surface area contributed by atoms with Crippen LogP contribution in [-0.4, -0.2) is 58.1 Å². The van der Waals surface area contributed by atoms with Crippen molar-refractivity contribution in [2.45, 2.75) is 57.2 Å². The monoisotopic (exact) mass is 442 g/mol. The van der Waals surface area contributed by atoms with Crippen LogP contribution in [0.3, 0.4) is 0 Å². The summed E-state index contributed by atoms with van der Waals surface area (Å²) in [5.74, 6) is 2.62. The lowest BCUT2D eigenvalue weighted by molar-refractivity contribution is 0.0174. The SMILES string of the molecule is CCCN1CC(Oc2ccc([C@@H]3c4[nH]c5ccccc5c4CCN3C3CC4CC3C4)cn2)C1. The van der Waals surface area contributed by atoms with Crippen LogP contribution in [0.4, 0.5) is 0 Å². The highest BCUT2D eigenvalue weighted by Crippen LogP contribution is 2.53. The molecule has 172 valence electrons. The number of fused-ring (bicyclic) bond motifs is 4. The zero-order valence-electron chi connectivity index (χ0n) is 19.5. The molecule has 0 spiro atoms. The number of nitrogens with one attached hydrogen (secondary N) is 1. The van der Waals surface area contributed by atoms with Crippen LogP contribution in [0.25, 0.3) is 10.9 Å². The maximum Gasteiger partial charge on any atom is 0.213 e. The van der Waals surface area contributed by atoms with Crippen molar-refractivity contribution in [2.24, 2.45) is 11.8 Å². The van der Waals surface area contributed by atoms with Crippen LogP contribution in [-0.2, 0) is 6.42 Å². The van der Waals surface area contributed by atoms with E-state index >= 15 is 0 Å². The Morgan fingerprint density at radius 2 is 1.97 bits per heavy atom. The Morgan fingerprint density at radius 3 is 2.73 bits per heavy atom. The molecule has 5 aliphatic rings. The number of aromatic amines is 1. The van der Waals surface area contributed by atoms with Gasteiger partial charge in [-0.2, -0.15) is 0 Å². The Hall–Kier alpha value is -2.37. The summed E-state index contributed by atoms with van der Waals surface area (Å²) in [5.41, 5.74) is 5.44. The van der Waals surface area contributed by atoms with E-state index in [-0.39, 0.29) is 12.1 Å². The van der Waals surface area contributed by atoms with Crippen molar-refractivity contribution in [1.82, 2.24) is 19.8 Å². The highest BCUT2D eigenvalue weighted by molar-refractivity contribution is 5.85. The van der Waals surface area contributed by atoms with Crippen molar-refractivity contribution in [3.63, 3.8) is 0 Å². The topological polar surface area (TPSA) is 44.4 Å². The van der Waals surface area contributed by atoms with E-state index in [1.165, 1.54) is 60.0 Å².